The van der Waals surface area contributed by atoms with Crippen LogP contribution in [0.25, 0.3) is 0 Å². The third-order valence-electron chi connectivity index (χ3n) is 1.84. The Hall–Kier alpha value is -0.640. The van der Waals surface area contributed by atoms with E-state index < -0.39 is 0 Å². The lowest BCUT2D eigenvalue weighted by Crippen LogP contribution is -2.34. The Morgan fingerprint density at radius 2 is 2.31 bits per heavy atom. The van der Waals surface area contributed by atoms with Crippen LogP contribution in [0.2, 0.25) is 5.02 Å². The Bertz CT molecular complexity index is 291. The van der Waals surface area contributed by atoms with Gasteiger partial charge in [-0.1, -0.05) is 23.7 Å². The fourth-order valence-corrected chi connectivity index (χ4v) is 1.29. The maximum Gasteiger partial charge on any atom is 0.145 e. The van der Waals surface area contributed by atoms with Gasteiger partial charge >= 0.3 is 0 Å². The first-order valence-corrected chi connectivity index (χ1v) is 4.42. The molecule has 1 aromatic carbocycles. The first kappa shape index (κ1) is 10.4. The van der Waals surface area contributed by atoms with Gasteiger partial charge in [0.15, 0.2) is 0 Å². The van der Waals surface area contributed by atoms with E-state index in [1.807, 2.05) is 6.92 Å². The van der Waals surface area contributed by atoms with Crippen molar-refractivity contribution >= 4 is 11.6 Å². The van der Waals surface area contributed by atoms with Crippen molar-refractivity contribution in [1.82, 2.24) is 5.43 Å². The molecule has 2 nitrogen and oxygen atoms in total. The van der Waals surface area contributed by atoms with Crippen molar-refractivity contribution < 1.29 is 4.39 Å². The second-order valence-corrected chi connectivity index (χ2v) is 3.39. The van der Waals surface area contributed by atoms with Crippen LogP contribution in [0.4, 0.5) is 4.39 Å². The Labute approximate surface area is 81.9 Å². The number of nitrogens with one attached hydrogen (secondary N) is 1. The van der Waals surface area contributed by atoms with Crippen molar-refractivity contribution in [2.75, 3.05) is 0 Å². The maximum absolute atomic E-state index is 13.3. The van der Waals surface area contributed by atoms with Crippen LogP contribution in [0.3, 0.4) is 0 Å². The number of benzene rings is 1. The summed E-state index contributed by atoms with van der Waals surface area (Å²) >= 11 is 5.61. The minimum absolute atomic E-state index is 0.0352. The molecule has 0 aliphatic rings. The average Bonchev–Trinajstić information content (AvgIpc) is 2.13. The highest BCUT2D eigenvalue weighted by Gasteiger charge is 2.08. The fourth-order valence-electron chi connectivity index (χ4n) is 1.09. The zero-order valence-electron chi connectivity index (χ0n) is 7.35. The molecule has 0 radical (unpaired) electrons. The van der Waals surface area contributed by atoms with E-state index in [0.29, 0.717) is 12.0 Å². The minimum atomic E-state index is -0.355. The van der Waals surface area contributed by atoms with Crippen LogP contribution in [0.5, 0.6) is 0 Å². The fraction of sp³-hybridized carbons (Fsp3) is 0.333. The molecule has 0 aliphatic heterocycles. The summed E-state index contributed by atoms with van der Waals surface area (Å²) in [5, 5.41) is 0.154. The normalized spacial score (nSPS) is 12.9. The zero-order valence-corrected chi connectivity index (χ0v) is 8.11. The van der Waals surface area contributed by atoms with E-state index in [4.69, 9.17) is 17.4 Å². The molecule has 1 rings (SSSR count). The molecule has 1 unspecified atom stereocenters. The molecular formula is C9H12ClFN2. The number of hydrazine groups is 1. The Morgan fingerprint density at radius 3 is 2.92 bits per heavy atom. The average molecular weight is 203 g/mol. The molecule has 1 atom stereocenters. The predicted octanol–water partition coefficient (Wildman–Crippen LogP) is 1.87. The lowest BCUT2D eigenvalue weighted by atomic mass is 10.1. The van der Waals surface area contributed by atoms with Crippen LogP contribution in [0.15, 0.2) is 18.2 Å². The van der Waals surface area contributed by atoms with Gasteiger partial charge in [-0.2, -0.15) is 0 Å². The van der Waals surface area contributed by atoms with Crippen molar-refractivity contribution in [3.05, 3.63) is 34.6 Å². The third-order valence-corrected chi connectivity index (χ3v) is 2.13. The highest BCUT2D eigenvalue weighted by molar-refractivity contribution is 6.30. The molecule has 0 fully saturated rings. The van der Waals surface area contributed by atoms with E-state index >= 15 is 0 Å². The smallest absolute Gasteiger partial charge is 0.145 e. The van der Waals surface area contributed by atoms with E-state index in [-0.39, 0.29) is 16.9 Å². The van der Waals surface area contributed by atoms with Crippen molar-refractivity contribution in [3.8, 4) is 0 Å². The van der Waals surface area contributed by atoms with Gasteiger partial charge in [0.25, 0.3) is 0 Å². The maximum atomic E-state index is 13.3. The molecule has 4 heteroatoms. The van der Waals surface area contributed by atoms with Crippen LogP contribution in [-0.4, -0.2) is 6.04 Å². The van der Waals surface area contributed by atoms with Crippen molar-refractivity contribution in [2.24, 2.45) is 5.84 Å². The number of hydrogen-bond acceptors (Lipinski definition) is 2. The monoisotopic (exact) mass is 202 g/mol. The van der Waals surface area contributed by atoms with Gasteiger partial charge in [-0.25, -0.2) is 4.39 Å². The molecule has 0 aliphatic carbocycles. The summed E-state index contributed by atoms with van der Waals surface area (Å²) in [4.78, 5) is 0. The van der Waals surface area contributed by atoms with Gasteiger partial charge in [-0.15, -0.1) is 0 Å². The molecule has 0 heterocycles. The molecule has 1 aromatic rings. The molecule has 0 spiro atoms. The lowest BCUT2D eigenvalue weighted by molar-refractivity contribution is 0.541. The quantitative estimate of drug-likeness (QED) is 0.580. The summed E-state index contributed by atoms with van der Waals surface area (Å²) in [7, 11) is 0. The molecule has 0 saturated carbocycles. The van der Waals surface area contributed by atoms with Gasteiger partial charge in [0.2, 0.25) is 0 Å². The molecule has 0 amide bonds. The molecule has 13 heavy (non-hydrogen) atoms. The first-order chi connectivity index (χ1) is 6.15. The van der Waals surface area contributed by atoms with E-state index in [1.54, 1.807) is 12.1 Å². The molecule has 0 bridgehead atoms. The van der Waals surface area contributed by atoms with Crippen LogP contribution in [0.1, 0.15) is 12.5 Å². The standard InChI is InChI=1S/C9H12ClFN2/c1-6(13-12)5-7-3-2-4-8(10)9(7)11/h2-4,6,13H,5,12H2,1H3. The predicted molar refractivity (Wildman–Crippen MR) is 51.9 cm³/mol. The largest absolute Gasteiger partial charge is 0.271 e. The molecule has 3 N–H and O–H groups in total. The number of halogens is 2. The Kier molecular flexibility index (Phi) is 3.66. The van der Waals surface area contributed by atoms with Crippen LogP contribution >= 0.6 is 11.6 Å². The SMILES string of the molecule is CC(Cc1cccc(Cl)c1F)NN. The van der Waals surface area contributed by atoms with Crippen LogP contribution in [-0.2, 0) is 6.42 Å². The molecule has 0 aromatic heterocycles. The van der Waals surface area contributed by atoms with Crippen LogP contribution < -0.4 is 11.3 Å². The van der Waals surface area contributed by atoms with Gasteiger partial charge in [0.1, 0.15) is 5.82 Å². The topological polar surface area (TPSA) is 38.0 Å². The highest BCUT2D eigenvalue weighted by Crippen LogP contribution is 2.18. The Morgan fingerprint density at radius 1 is 1.62 bits per heavy atom. The van der Waals surface area contributed by atoms with E-state index in [2.05, 4.69) is 5.43 Å². The van der Waals surface area contributed by atoms with E-state index in [0.717, 1.165) is 0 Å². The number of rotatable bonds is 3. The van der Waals surface area contributed by atoms with Gasteiger partial charge in [0.05, 0.1) is 5.02 Å². The number of hydrogen-bond donors (Lipinski definition) is 2. The van der Waals surface area contributed by atoms with E-state index in [9.17, 15) is 4.39 Å². The Balaban J connectivity index is 2.83. The summed E-state index contributed by atoms with van der Waals surface area (Å²) in [5.74, 6) is 4.85. The number of nitrogens with two attached hydrogens (primary N) is 1. The summed E-state index contributed by atoms with van der Waals surface area (Å²) in [6.45, 7) is 1.88. The molecule has 72 valence electrons. The van der Waals surface area contributed by atoms with Crippen molar-refractivity contribution in [2.45, 2.75) is 19.4 Å². The highest BCUT2D eigenvalue weighted by atomic mass is 35.5. The second-order valence-electron chi connectivity index (χ2n) is 2.98. The summed E-state index contributed by atoms with van der Waals surface area (Å²) < 4.78 is 13.3. The van der Waals surface area contributed by atoms with Crippen molar-refractivity contribution in [3.63, 3.8) is 0 Å². The summed E-state index contributed by atoms with van der Waals surface area (Å²) in [5.41, 5.74) is 3.13. The van der Waals surface area contributed by atoms with Gasteiger partial charge in [0, 0.05) is 6.04 Å². The van der Waals surface area contributed by atoms with Crippen molar-refractivity contribution in [1.29, 1.82) is 0 Å². The summed E-state index contributed by atoms with van der Waals surface area (Å²) in [6.07, 6.45) is 0.531. The molecular weight excluding hydrogens is 191 g/mol. The zero-order chi connectivity index (χ0) is 9.84. The van der Waals surface area contributed by atoms with Crippen LogP contribution in [0, 0.1) is 5.82 Å². The second kappa shape index (κ2) is 4.56. The van der Waals surface area contributed by atoms with E-state index in [1.165, 1.54) is 6.07 Å². The van der Waals surface area contributed by atoms with Gasteiger partial charge in [-0.05, 0) is 25.0 Å². The lowest BCUT2D eigenvalue weighted by Gasteiger charge is -2.10. The van der Waals surface area contributed by atoms with Gasteiger partial charge < -0.3 is 0 Å². The van der Waals surface area contributed by atoms with Gasteiger partial charge in [-0.3, -0.25) is 11.3 Å². The minimum Gasteiger partial charge on any atom is -0.271 e. The first-order valence-electron chi connectivity index (χ1n) is 4.04. The molecule has 0 saturated heterocycles. The third kappa shape index (κ3) is 2.66. The summed E-state index contributed by atoms with van der Waals surface area (Å²) in [6, 6.07) is 4.99.